The van der Waals surface area contributed by atoms with Crippen LogP contribution >= 0.6 is 0 Å². The summed E-state index contributed by atoms with van der Waals surface area (Å²) in [7, 11) is 0. The van der Waals surface area contributed by atoms with E-state index in [1.807, 2.05) is 6.92 Å². The van der Waals surface area contributed by atoms with E-state index < -0.39 is 36.4 Å². The quantitative estimate of drug-likeness (QED) is 0.529. The normalized spacial score (nSPS) is 20.3. The van der Waals surface area contributed by atoms with Crippen molar-refractivity contribution in [3.05, 3.63) is 18.3 Å². The fourth-order valence-electron chi connectivity index (χ4n) is 3.43. The van der Waals surface area contributed by atoms with Gasteiger partial charge < -0.3 is 16.4 Å². The highest BCUT2D eigenvalue weighted by Crippen LogP contribution is 2.27. The molecular formula is C19H27F2N7O. The highest BCUT2D eigenvalue weighted by Gasteiger charge is 2.42. The molecule has 2 aromatic heterocycles. The molecule has 8 nitrogen and oxygen atoms in total. The molecule has 1 aliphatic heterocycles. The Morgan fingerprint density at radius 2 is 2.24 bits per heavy atom. The largest absolute Gasteiger partial charge is 0.368 e. The van der Waals surface area contributed by atoms with Crippen LogP contribution in [0.1, 0.15) is 39.5 Å². The smallest absolute Gasteiger partial charge is 0.262 e. The summed E-state index contributed by atoms with van der Waals surface area (Å²) in [6.07, 6.45) is 3.76. The third-order valence-electron chi connectivity index (χ3n) is 5.05. The molecule has 0 bridgehead atoms. The molecule has 10 heteroatoms. The molecule has 0 unspecified atom stereocenters. The van der Waals surface area contributed by atoms with Gasteiger partial charge in [0.1, 0.15) is 5.52 Å². The van der Waals surface area contributed by atoms with Crippen molar-refractivity contribution in [3.63, 3.8) is 0 Å². The third kappa shape index (κ3) is 5.26. The number of amides is 1. The minimum absolute atomic E-state index is 0.118. The average Bonchev–Trinajstić information content (AvgIpc) is 3.04. The maximum Gasteiger partial charge on any atom is 0.262 e. The van der Waals surface area contributed by atoms with Crippen molar-refractivity contribution in [2.24, 2.45) is 0 Å². The number of alkyl halides is 2. The number of nitrogens with zero attached hydrogens (tertiary/aromatic N) is 3. The van der Waals surface area contributed by atoms with Gasteiger partial charge in [0.15, 0.2) is 5.82 Å². The Bertz CT molecular complexity index is 879. The molecule has 1 amide bonds. The number of halogens is 2. The lowest BCUT2D eigenvalue weighted by atomic mass is 9.94. The molecule has 0 spiro atoms. The van der Waals surface area contributed by atoms with Crippen molar-refractivity contribution in [2.45, 2.75) is 57.0 Å². The second kappa shape index (κ2) is 8.40. The number of nitrogen functional groups attached to an aromatic ring is 1. The maximum atomic E-state index is 13.4. The van der Waals surface area contributed by atoms with Crippen LogP contribution in [-0.4, -0.2) is 51.5 Å². The zero-order valence-corrected chi connectivity index (χ0v) is 16.6. The maximum absolute atomic E-state index is 13.4. The summed E-state index contributed by atoms with van der Waals surface area (Å²) in [6.45, 7) is 3.79. The van der Waals surface area contributed by atoms with Gasteiger partial charge >= 0.3 is 0 Å². The molecule has 3 rings (SSSR count). The summed E-state index contributed by atoms with van der Waals surface area (Å²) in [4.78, 5) is 25.2. The summed E-state index contributed by atoms with van der Waals surface area (Å²) in [5.74, 6) is -2.69. The summed E-state index contributed by atoms with van der Waals surface area (Å²) < 4.78 is 26.8. The van der Waals surface area contributed by atoms with Crippen molar-refractivity contribution in [1.29, 1.82) is 0 Å². The monoisotopic (exact) mass is 407 g/mol. The van der Waals surface area contributed by atoms with Crippen LogP contribution in [0.2, 0.25) is 0 Å². The number of anilines is 2. The minimum Gasteiger partial charge on any atom is -0.368 e. The molecule has 158 valence electrons. The summed E-state index contributed by atoms with van der Waals surface area (Å²) in [5, 5.41) is 8.74. The van der Waals surface area contributed by atoms with Crippen molar-refractivity contribution in [3.8, 4) is 0 Å². The molecule has 1 fully saturated rings. The number of nitrogens with two attached hydrogens (primary N) is 1. The van der Waals surface area contributed by atoms with Gasteiger partial charge in [-0.1, -0.05) is 19.8 Å². The minimum atomic E-state index is -2.85. The first-order chi connectivity index (χ1) is 13.7. The first-order valence-corrected chi connectivity index (χ1v) is 9.77. The van der Waals surface area contributed by atoms with E-state index in [1.54, 1.807) is 18.3 Å². The number of nitrogens with one attached hydrogen (secondary N) is 3. The van der Waals surface area contributed by atoms with Crippen LogP contribution in [0.4, 0.5) is 20.5 Å². The van der Waals surface area contributed by atoms with Crippen LogP contribution in [0.25, 0.3) is 11.0 Å². The Morgan fingerprint density at radius 3 is 2.93 bits per heavy atom. The average molecular weight is 407 g/mol. The zero-order chi connectivity index (χ0) is 21.1. The van der Waals surface area contributed by atoms with Gasteiger partial charge in [-0.05, 0) is 25.5 Å². The van der Waals surface area contributed by atoms with E-state index >= 15 is 0 Å². The number of pyridine rings is 1. The van der Waals surface area contributed by atoms with E-state index in [1.165, 1.54) is 0 Å². The molecule has 1 aliphatic rings. The van der Waals surface area contributed by atoms with Gasteiger partial charge in [0, 0.05) is 19.2 Å². The molecule has 2 aromatic rings. The van der Waals surface area contributed by atoms with Crippen LogP contribution in [0.15, 0.2) is 18.3 Å². The van der Waals surface area contributed by atoms with Gasteiger partial charge in [-0.3, -0.25) is 15.1 Å². The Kier molecular flexibility index (Phi) is 6.11. The number of unbranched alkanes of at least 4 members (excludes halogenated alkanes) is 1. The first-order valence-electron chi connectivity index (χ1n) is 9.77. The lowest BCUT2D eigenvalue weighted by Crippen LogP contribution is -2.50. The van der Waals surface area contributed by atoms with E-state index in [0.29, 0.717) is 16.9 Å². The SMILES string of the molecule is CCCC[C@](C)(CNC(=O)[C@@H]1CC(F)(F)CN1)Nc1nc(N)nc2cccnc12. The molecule has 5 N–H and O–H groups in total. The van der Waals surface area contributed by atoms with Crippen LogP contribution in [0.5, 0.6) is 0 Å². The van der Waals surface area contributed by atoms with Crippen LogP contribution in [0, 0.1) is 0 Å². The van der Waals surface area contributed by atoms with Crippen molar-refractivity contribution >= 4 is 28.7 Å². The second-order valence-corrected chi connectivity index (χ2v) is 7.80. The van der Waals surface area contributed by atoms with Crippen molar-refractivity contribution < 1.29 is 13.6 Å². The van der Waals surface area contributed by atoms with Gasteiger partial charge in [0.2, 0.25) is 11.9 Å². The molecule has 29 heavy (non-hydrogen) atoms. The van der Waals surface area contributed by atoms with Crippen LogP contribution < -0.4 is 21.7 Å². The molecule has 0 saturated carbocycles. The first kappa shape index (κ1) is 21.1. The standard InChI is InChI=1S/C19H27F2N7O/c1-3-4-7-18(2,10-25-16(29)13-9-19(20,21)11-24-13)28-15-14-12(6-5-8-23-14)26-17(22)27-15/h5-6,8,13,24H,3-4,7,9-11H2,1-2H3,(H,25,29)(H3,22,26,27,28)/t13-,18+/m0/s1. The lowest BCUT2D eigenvalue weighted by Gasteiger charge is -2.32. The Hall–Kier alpha value is -2.62. The topological polar surface area (TPSA) is 118 Å². The van der Waals surface area contributed by atoms with Crippen molar-refractivity contribution in [1.82, 2.24) is 25.6 Å². The number of hydrogen-bond acceptors (Lipinski definition) is 7. The molecule has 2 atom stereocenters. The van der Waals surface area contributed by atoms with Gasteiger partial charge in [0.05, 0.1) is 23.6 Å². The predicted molar refractivity (Wildman–Crippen MR) is 108 cm³/mol. The summed E-state index contributed by atoms with van der Waals surface area (Å²) >= 11 is 0. The highest BCUT2D eigenvalue weighted by molar-refractivity contribution is 5.86. The van der Waals surface area contributed by atoms with E-state index in [2.05, 4.69) is 37.8 Å². The predicted octanol–water partition coefficient (Wildman–Crippen LogP) is 2.08. The van der Waals surface area contributed by atoms with Crippen LogP contribution in [-0.2, 0) is 4.79 Å². The van der Waals surface area contributed by atoms with E-state index in [9.17, 15) is 13.6 Å². The Balaban J connectivity index is 1.76. The van der Waals surface area contributed by atoms with Crippen molar-refractivity contribution in [2.75, 3.05) is 24.1 Å². The summed E-state index contributed by atoms with van der Waals surface area (Å²) in [5.41, 5.74) is 6.45. The number of hydrogen-bond donors (Lipinski definition) is 4. The van der Waals surface area contributed by atoms with E-state index in [4.69, 9.17) is 5.73 Å². The molecule has 0 radical (unpaired) electrons. The van der Waals surface area contributed by atoms with Gasteiger partial charge in [-0.15, -0.1) is 0 Å². The van der Waals surface area contributed by atoms with Crippen LogP contribution in [0.3, 0.4) is 0 Å². The third-order valence-corrected chi connectivity index (χ3v) is 5.05. The number of rotatable bonds is 8. The van der Waals surface area contributed by atoms with E-state index in [0.717, 1.165) is 19.3 Å². The number of aromatic nitrogens is 3. The number of carbonyl (C=O) groups is 1. The van der Waals surface area contributed by atoms with E-state index in [-0.39, 0.29) is 12.5 Å². The molecule has 1 saturated heterocycles. The van der Waals surface area contributed by atoms with Gasteiger partial charge in [-0.25, -0.2) is 13.8 Å². The molecule has 0 aromatic carbocycles. The number of carbonyl (C=O) groups excluding carboxylic acids is 1. The van der Waals surface area contributed by atoms with Gasteiger partial charge in [-0.2, -0.15) is 4.98 Å². The fourth-order valence-corrected chi connectivity index (χ4v) is 3.43. The molecule has 0 aliphatic carbocycles. The zero-order valence-electron chi connectivity index (χ0n) is 16.6. The molecular weight excluding hydrogens is 380 g/mol. The summed E-state index contributed by atoms with van der Waals surface area (Å²) in [6, 6.07) is 2.67. The highest BCUT2D eigenvalue weighted by atomic mass is 19.3. The fraction of sp³-hybridized carbons (Fsp3) is 0.579. The lowest BCUT2D eigenvalue weighted by molar-refractivity contribution is -0.123. The second-order valence-electron chi connectivity index (χ2n) is 7.80. The Labute approximate surface area is 168 Å². The molecule has 3 heterocycles. The Morgan fingerprint density at radius 1 is 1.45 bits per heavy atom. The number of fused-ring (bicyclic) bond motifs is 1. The van der Waals surface area contributed by atoms with Gasteiger partial charge in [0.25, 0.3) is 5.92 Å².